The van der Waals surface area contributed by atoms with Crippen LogP contribution in [-0.4, -0.2) is 17.3 Å². The van der Waals surface area contributed by atoms with Gasteiger partial charge in [0.05, 0.1) is 0 Å². The number of ether oxygens (including phenoxy) is 1. The van der Waals surface area contributed by atoms with Crippen molar-refractivity contribution in [3.05, 3.63) is 76.4 Å². The minimum Gasteiger partial charge on any atom is -0.456 e. The Morgan fingerprint density at radius 1 is 0.837 bits per heavy atom. The van der Waals surface area contributed by atoms with Crippen LogP contribution in [0.15, 0.2) is 54.1 Å². The highest BCUT2D eigenvalue weighted by atomic mass is 31.2. The molecule has 0 amide bonds. The molecule has 0 heterocycles. The van der Waals surface area contributed by atoms with E-state index in [1.165, 1.54) is 44.1 Å². The Bertz CT molecular complexity index is 1700. The average molecular weight is 683 g/mol. The van der Waals surface area contributed by atoms with Crippen molar-refractivity contribution in [1.29, 1.82) is 0 Å². The highest BCUT2D eigenvalue weighted by Gasteiger charge is 2.64. The lowest BCUT2D eigenvalue weighted by atomic mass is 9.43. The molecule has 49 heavy (non-hydrogen) atoms. The minimum atomic E-state index is -4.26. The summed E-state index contributed by atoms with van der Waals surface area (Å²) in [6, 6.07) is 12.4. The van der Waals surface area contributed by atoms with E-state index in [0.29, 0.717) is 28.7 Å². The van der Waals surface area contributed by atoms with Gasteiger partial charge in [-0.2, -0.15) is 0 Å². The SMILES string of the molecule is Cc1cc(C)c(C(=O)P(=O)(C(=O)OC2CC[C@@]3(C)C(=CCC4C3CC[C@@]3(C)[C@H]4CC[C@@H]3[C@]3(C)CCC3C(C)C)C2)c2ccccc2)c(C)c1. The van der Waals surface area contributed by atoms with E-state index in [1.54, 1.807) is 24.3 Å². The van der Waals surface area contributed by atoms with Crippen LogP contribution in [0.5, 0.6) is 0 Å². The van der Waals surface area contributed by atoms with Gasteiger partial charge in [0, 0.05) is 17.3 Å². The number of rotatable bonds is 7. The minimum absolute atomic E-state index is 0.112. The first-order chi connectivity index (χ1) is 23.1. The topological polar surface area (TPSA) is 60.4 Å². The molecule has 4 saturated carbocycles. The molecule has 4 nitrogen and oxygen atoms in total. The van der Waals surface area contributed by atoms with E-state index in [4.69, 9.17) is 4.74 Å². The second kappa shape index (κ2) is 12.4. The molecule has 264 valence electrons. The van der Waals surface area contributed by atoms with Gasteiger partial charge >= 0.3 is 5.71 Å². The number of carbonyl (C=O) groups excluding carboxylic acids is 2. The number of fused-ring (bicyclic) bond motifs is 5. The summed E-state index contributed by atoms with van der Waals surface area (Å²) >= 11 is 0. The molecule has 0 aliphatic heterocycles. The summed E-state index contributed by atoms with van der Waals surface area (Å²) in [5.41, 5.74) is 3.88. The predicted octanol–water partition coefficient (Wildman–Crippen LogP) is 11.6. The van der Waals surface area contributed by atoms with Crippen LogP contribution in [-0.2, 0) is 9.30 Å². The lowest BCUT2D eigenvalue weighted by Crippen LogP contribution is -2.55. The quantitative estimate of drug-likeness (QED) is 0.215. The fourth-order valence-electron chi connectivity index (χ4n) is 12.9. The number of hydrogen-bond acceptors (Lipinski definition) is 4. The first-order valence-electron chi connectivity index (χ1n) is 19.3. The van der Waals surface area contributed by atoms with Crippen molar-refractivity contribution in [2.45, 2.75) is 126 Å². The molecule has 0 saturated heterocycles. The van der Waals surface area contributed by atoms with Crippen LogP contribution in [0.3, 0.4) is 0 Å². The van der Waals surface area contributed by atoms with Crippen LogP contribution in [0.25, 0.3) is 0 Å². The Morgan fingerprint density at radius 2 is 1.51 bits per heavy atom. The van der Waals surface area contributed by atoms with Gasteiger partial charge in [0.15, 0.2) is 0 Å². The number of aryl methyl sites for hydroxylation is 3. The maximum atomic E-state index is 14.9. The molecule has 0 aromatic heterocycles. The molecule has 2 aromatic carbocycles. The second-order valence-electron chi connectivity index (χ2n) is 18.1. The number of allylic oxidation sites excluding steroid dienone is 1. The van der Waals surface area contributed by atoms with Crippen LogP contribution in [0, 0.1) is 72.5 Å². The summed E-state index contributed by atoms with van der Waals surface area (Å²) < 4.78 is 21.1. The fraction of sp³-hybridized carbons (Fsp3) is 0.636. The summed E-state index contributed by atoms with van der Waals surface area (Å²) in [4.78, 5) is 28.4. The molecule has 5 aliphatic carbocycles. The Labute approximate surface area is 295 Å². The third kappa shape index (κ3) is 5.31. The van der Waals surface area contributed by atoms with Gasteiger partial charge in [0.2, 0.25) is 5.52 Å². The van der Waals surface area contributed by atoms with Crippen molar-refractivity contribution in [3.8, 4) is 0 Å². The van der Waals surface area contributed by atoms with Gasteiger partial charge in [-0.15, -0.1) is 0 Å². The number of benzene rings is 2. The third-order valence-electron chi connectivity index (χ3n) is 15.3. The Hall–Kier alpha value is -2.45. The molecule has 0 N–H and O–H groups in total. The Morgan fingerprint density at radius 3 is 2.14 bits per heavy atom. The van der Waals surface area contributed by atoms with Crippen LogP contribution >= 0.6 is 7.14 Å². The zero-order chi connectivity index (χ0) is 35.1. The van der Waals surface area contributed by atoms with E-state index in [1.807, 2.05) is 39.0 Å². The number of hydrogen-bond donors (Lipinski definition) is 0. The first kappa shape index (κ1) is 35.0. The summed E-state index contributed by atoms with van der Waals surface area (Å²) in [5, 5.41) is 0.250. The maximum Gasteiger partial charge on any atom is 0.376 e. The zero-order valence-electron chi connectivity index (χ0n) is 31.3. The highest BCUT2D eigenvalue weighted by Crippen LogP contribution is 2.72. The van der Waals surface area contributed by atoms with Crippen LogP contribution in [0.2, 0.25) is 0 Å². The predicted molar refractivity (Wildman–Crippen MR) is 200 cm³/mol. The maximum absolute atomic E-state index is 14.9. The summed E-state index contributed by atoms with van der Waals surface area (Å²) in [5.74, 6) is 4.68. The van der Waals surface area contributed by atoms with Crippen molar-refractivity contribution < 1.29 is 18.9 Å². The zero-order valence-corrected chi connectivity index (χ0v) is 32.2. The molecular formula is C44H59O4P. The van der Waals surface area contributed by atoms with Crippen molar-refractivity contribution >= 4 is 23.7 Å². The molecule has 0 radical (unpaired) electrons. The van der Waals surface area contributed by atoms with E-state index >= 15 is 0 Å². The van der Waals surface area contributed by atoms with Gasteiger partial charge < -0.3 is 4.74 Å². The second-order valence-corrected chi connectivity index (χ2v) is 20.6. The van der Waals surface area contributed by atoms with Crippen molar-refractivity contribution in [3.63, 3.8) is 0 Å². The van der Waals surface area contributed by atoms with Crippen LogP contribution in [0.4, 0.5) is 4.79 Å². The van der Waals surface area contributed by atoms with Gasteiger partial charge in [0.25, 0.3) is 7.14 Å². The van der Waals surface area contributed by atoms with Crippen molar-refractivity contribution in [2.24, 2.45) is 51.8 Å². The lowest BCUT2D eigenvalue weighted by Gasteiger charge is -2.62. The molecule has 5 unspecified atom stereocenters. The van der Waals surface area contributed by atoms with Gasteiger partial charge in [-0.25, -0.2) is 4.79 Å². The van der Waals surface area contributed by atoms with E-state index in [0.717, 1.165) is 65.5 Å². The lowest BCUT2D eigenvalue weighted by molar-refractivity contribution is -0.121. The molecule has 5 aliphatic rings. The number of carbonyl (C=O) groups is 2. The molecule has 2 aromatic rings. The molecule has 5 heteroatoms. The summed E-state index contributed by atoms with van der Waals surface area (Å²) in [6.45, 7) is 18.4. The van der Waals surface area contributed by atoms with Gasteiger partial charge in [-0.3, -0.25) is 9.36 Å². The van der Waals surface area contributed by atoms with E-state index in [2.05, 4.69) is 40.7 Å². The molecule has 4 fully saturated rings. The van der Waals surface area contributed by atoms with E-state index in [-0.39, 0.29) is 16.8 Å². The van der Waals surface area contributed by atoms with Gasteiger partial charge in [-0.1, -0.05) is 94.3 Å². The summed E-state index contributed by atoms with van der Waals surface area (Å²) in [6.07, 6.45) is 13.9. The third-order valence-corrected chi connectivity index (χ3v) is 17.8. The molecule has 7 rings (SSSR count). The van der Waals surface area contributed by atoms with Crippen LogP contribution < -0.4 is 5.30 Å². The fourth-order valence-corrected chi connectivity index (χ4v) is 15.1. The van der Waals surface area contributed by atoms with Gasteiger partial charge in [-0.05, 0) is 141 Å². The normalized spacial score (nSPS) is 37.9. The van der Waals surface area contributed by atoms with Crippen LogP contribution in [0.1, 0.15) is 126 Å². The highest BCUT2D eigenvalue weighted by molar-refractivity contribution is 8.00. The first-order valence-corrected chi connectivity index (χ1v) is 21.0. The average Bonchev–Trinajstić information content (AvgIpc) is 3.40. The van der Waals surface area contributed by atoms with Crippen molar-refractivity contribution in [2.75, 3.05) is 0 Å². The summed E-state index contributed by atoms with van der Waals surface area (Å²) in [7, 11) is -4.26. The Balaban J connectivity index is 1.11. The monoisotopic (exact) mass is 682 g/mol. The standard InChI is InChI=1S/C44H59O4P/c1-27(2)35-19-22-43(35,7)38-17-16-36-34-15-14-31-26-32(18-21-42(31,6)37(34)20-23-44(36,38)8)48-41(46)49(47,33-12-10-9-11-13-33)40(45)39-29(4)24-28(3)25-30(39)5/h9-14,24-25,27,32,34-38H,15-23,26H2,1-8H3/t32?,34?,35?,36-,37?,38+,42-,43+,44-,49?/m0/s1. The van der Waals surface area contributed by atoms with Gasteiger partial charge in [0.1, 0.15) is 6.10 Å². The molecule has 10 atom stereocenters. The molecular weight excluding hydrogens is 623 g/mol. The molecule has 0 bridgehead atoms. The Kier molecular flexibility index (Phi) is 8.82. The largest absolute Gasteiger partial charge is 0.456 e. The van der Waals surface area contributed by atoms with E-state index in [9.17, 15) is 14.2 Å². The smallest absolute Gasteiger partial charge is 0.376 e. The molecule has 0 spiro atoms. The van der Waals surface area contributed by atoms with E-state index < -0.39 is 18.4 Å². The van der Waals surface area contributed by atoms with Crippen molar-refractivity contribution in [1.82, 2.24) is 0 Å².